The Morgan fingerprint density at radius 2 is 2.00 bits per heavy atom. The Hall–Kier alpha value is -0.650. The maximum absolute atomic E-state index is 11.9. The van der Waals surface area contributed by atoms with E-state index in [9.17, 15) is 4.79 Å². The van der Waals surface area contributed by atoms with E-state index in [2.05, 4.69) is 10.6 Å². The molecule has 1 saturated carbocycles. The summed E-state index contributed by atoms with van der Waals surface area (Å²) in [5.74, 6) is 0.0472. The molecule has 1 rings (SSSR count). The standard InChI is InChI=1S/C14H28N2O3/c1-19-11-13(8-9-17)15-10-14(18)16-12-6-4-2-3-5-7-12/h12-13,15,17H,2-11H2,1H3,(H,16,18). The van der Waals surface area contributed by atoms with Crippen molar-refractivity contribution in [2.75, 3.05) is 26.9 Å². The van der Waals surface area contributed by atoms with Gasteiger partial charge in [0.05, 0.1) is 13.2 Å². The minimum absolute atomic E-state index is 0.0369. The van der Waals surface area contributed by atoms with Crippen LogP contribution in [0.4, 0.5) is 0 Å². The number of amides is 1. The normalized spacial score (nSPS) is 18.8. The highest BCUT2D eigenvalue weighted by atomic mass is 16.5. The van der Waals surface area contributed by atoms with Crippen LogP contribution >= 0.6 is 0 Å². The first kappa shape index (κ1) is 16.4. The summed E-state index contributed by atoms with van der Waals surface area (Å²) in [4.78, 5) is 11.9. The molecule has 1 atom stereocenters. The first-order valence-electron chi connectivity index (χ1n) is 7.38. The largest absolute Gasteiger partial charge is 0.396 e. The van der Waals surface area contributed by atoms with Crippen molar-refractivity contribution in [1.82, 2.24) is 10.6 Å². The van der Waals surface area contributed by atoms with Gasteiger partial charge in [0.2, 0.25) is 5.91 Å². The summed E-state index contributed by atoms with van der Waals surface area (Å²) in [5.41, 5.74) is 0. The molecule has 0 aromatic heterocycles. The summed E-state index contributed by atoms with van der Waals surface area (Å²) in [6.07, 6.45) is 7.82. The zero-order chi connectivity index (χ0) is 13.9. The number of rotatable bonds is 8. The van der Waals surface area contributed by atoms with Crippen molar-refractivity contribution < 1.29 is 14.6 Å². The minimum atomic E-state index is 0.0369. The number of nitrogens with one attached hydrogen (secondary N) is 2. The van der Waals surface area contributed by atoms with Crippen LogP contribution in [-0.2, 0) is 9.53 Å². The van der Waals surface area contributed by atoms with Crippen molar-refractivity contribution in [3.05, 3.63) is 0 Å². The molecule has 1 aliphatic rings. The molecular formula is C14H28N2O3. The van der Waals surface area contributed by atoms with E-state index in [1.165, 1.54) is 25.7 Å². The monoisotopic (exact) mass is 272 g/mol. The van der Waals surface area contributed by atoms with Crippen molar-refractivity contribution in [2.24, 2.45) is 0 Å². The number of ether oxygens (including phenoxy) is 1. The average Bonchev–Trinajstić information content (AvgIpc) is 2.65. The number of carbonyl (C=O) groups excluding carboxylic acids is 1. The van der Waals surface area contributed by atoms with Crippen LogP contribution < -0.4 is 10.6 Å². The van der Waals surface area contributed by atoms with Crippen LogP contribution in [0.25, 0.3) is 0 Å². The average molecular weight is 272 g/mol. The molecule has 1 fully saturated rings. The van der Waals surface area contributed by atoms with Gasteiger partial charge in [-0.15, -0.1) is 0 Å². The van der Waals surface area contributed by atoms with Crippen LogP contribution in [0.3, 0.4) is 0 Å². The number of hydrogen-bond acceptors (Lipinski definition) is 4. The molecule has 1 aliphatic carbocycles. The molecule has 5 nitrogen and oxygen atoms in total. The summed E-state index contributed by atoms with van der Waals surface area (Å²) in [7, 11) is 1.62. The molecular weight excluding hydrogens is 244 g/mol. The molecule has 0 aromatic rings. The molecule has 1 unspecified atom stereocenters. The molecule has 0 aliphatic heterocycles. The number of methoxy groups -OCH3 is 1. The summed E-state index contributed by atoms with van der Waals surface area (Å²) >= 11 is 0. The predicted octanol–water partition coefficient (Wildman–Crippen LogP) is 0.812. The molecule has 0 spiro atoms. The third-order valence-electron chi connectivity index (χ3n) is 3.62. The van der Waals surface area contributed by atoms with Gasteiger partial charge in [0, 0.05) is 25.8 Å². The van der Waals surface area contributed by atoms with Crippen LogP contribution in [0, 0.1) is 0 Å². The SMILES string of the molecule is COCC(CCO)NCC(=O)NC1CCCCCC1. The van der Waals surface area contributed by atoms with Gasteiger partial charge in [0.1, 0.15) is 0 Å². The van der Waals surface area contributed by atoms with Crippen LogP contribution in [0.15, 0.2) is 0 Å². The summed E-state index contributed by atoms with van der Waals surface area (Å²) in [5, 5.41) is 15.1. The number of hydrogen-bond donors (Lipinski definition) is 3. The molecule has 0 radical (unpaired) electrons. The molecule has 112 valence electrons. The van der Waals surface area contributed by atoms with Gasteiger partial charge in [-0.1, -0.05) is 25.7 Å². The second-order valence-electron chi connectivity index (χ2n) is 5.30. The molecule has 1 amide bonds. The second kappa shape index (κ2) is 10.2. The van der Waals surface area contributed by atoms with Crippen LogP contribution in [-0.4, -0.2) is 50.0 Å². The highest BCUT2D eigenvalue weighted by Gasteiger charge is 2.15. The number of aliphatic hydroxyl groups is 1. The molecule has 3 N–H and O–H groups in total. The van der Waals surface area contributed by atoms with Gasteiger partial charge in [0.25, 0.3) is 0 Å². The van der Waals surface area contributed by atoms with E-state index in [-0.39, 0.29) is 18.6 Å². The number of aliphatic hydroxyl groups excluding tert-OH is 1. The Bertz CT molecular complexity index is 235. The first-order chi connectivity index (χ1) is 9.26. The summed E-state index contributed by atoms with van der Waals surface area (Å²) < 4.78 is 5.05. The third kappa shape index (κ3) is 7.50. The van der Waals surface area contributed by atoms with E-state index in [0.29, 0.717) is 25.6 Å². The van der Waals surface area contributed by atoms with Crippen molar-refractivity contribution in [1.29, 1.82) is 0 Å². The van der Waals surface area contributed by atoms with Gasteiger partial charge in [-0.05, 0) is 19.3 Å². The fraction of sp³-hybridized carbons (Fsp3) is 0.929. The Labute approximate surface area is 116 Å². The van der Waals surface area contributed by atoms with E-state index < -0.39 is 0 Å². The fourth-order valence-electron chi connectivity index (χ4n) is 2.54. The topological polar surface area (TPSA) is 70.6 Å². The highest BCUT2D eigenvalue weighted by Crippen LogP contribution is 2.16. The second-order valence-corrected chi connectivity index (χ2v) is 5.30. The Balaban J connectivity index is 2.21. The van der Waals surface area contributed by atoms with Crippen LogP contribution in [0.2, 0.25) is 0 Å². The Morgan fingerprint density at radius 3 is 2.58 bits per heavy atom. The molecule has 0 aromatic carbocycles. The van der Waals surface area contributed by atoms with Gasteiger partial charge in [-0.25, -0.2) is 0 Å². The summed E-state index contributed by atoms with van der Waals surface area (Å²) in [6, 6.07) is 0.380. The minimum Gasteiger partial charge on any atom is -0.396 e. The molecule has 5 heteroatoms. The third-order valence-corrected chi connectivity index (χ3v) is 3.62. The Kier molecular flexibility index (Phi) is 8.79. The van der Waals surface area contributed by atoms with Gasteiger partial charge >= 0.3 is 0 Å². The lowest BCUT2D eigenvalue weighted by molar-refractivity contribution is -0.121. The van der Waals surface area contributed by atoms with Gasteiger partial charge < -0.3 is 20.5 Å². The molecule has 0 bridgehead atoms. The molecule has 0 heterocycles. The van der Waals surface area contributed by atoms with E-state index in [1.54, 1.807) is 7.11 Å². The fourth-order valence-corrected chi connectivity index (χ4v) is 2.54. The first-order valence-corrected chi connectivity index (χ1v) is 7.38. The van der Waals surface area contributed by atoms with Crippen molar-refractivity contribution in [3.8, 4) is 0 Å². The number of carbonyl (C=O) groups is 1. The van der Waals surface area contributed by atoms with E-state index in [0.717, 1.165) is 12.8 Å². The highest BCUT2D eigenvalue weighted by molar-refractivity contribution is 5.78. The predicted molar refractivity (Wildman–Crippen MR) is 75.0 cm³/mol. The molecule has 19 heavy (non-hydrogen) atoms. The lowest BCUT2D eigenvalue weighted by Gasteiger charge is -2.19. The zero-order valence-corrected chi connectivity index (χ0v) is 12.0. The van der Waals surface area contributed by atoms with E-state index >= 15 is 0 Å². The van der Waals surface area contributed by atoms with Crippen LogP contribution in [0.5, 0.6) is 0 Å². The van der Waals surface area contributed by atoms with Crippen molar-refractivity contribution >= 4 is 5.91 Å². The zero-order valence-electron chi connectivity index (χ0n) is 12.0. The van der Waals surface area contributed by atoms with Gasteiger partial charge in [-0.3, -0.25) is 4.79 Å². The van der Waals surface area contributed by atoms with Gasteiger partial charge in [-0.2, -0.15) is 0 Å². The quantitative estimate of drug-likeness (QED) is 0.572. The van der Waals surface area contributed by atoms with E-state index in [1.807, 2.05) is 0 Å². The lowest BCUT2D eigenvalue weighted by atomic mass is 10.1. The summed E-state index contributed by atoms with van der Waals surface area (Å²) in [6.45, 7) is 0.910. The van der Waals surface area contributed by atoms with Crippen molar-refractivity contribution in [2.45, 2.75) is 57.0 Å². The molecule has 0 saturated heterocycles. The lowest BCUT2D eigenvalue weighted by Crippen LogP contribution is -2.44. The van der Waals surface area contributed by atoms with Gasteiger partial charge in [0.15, 0.2) is 0 Å². The van der Waals surface area contributed by atoms with Crippen molar-refractivity contribution in [3.63, 3.8) is 0 Å². The van der Waals surface area contributed by atoms with Crippen LogP contribution in [0.1, 0.15) is 44.9 Å². The van der Waals surface area contributed by atoms with E-state index in [4.69, 9.17) is 9.84 Å². The maximum Gasteiger partial charge on any atom is 0.234 e. The smallest absolute Gasteiger partial charge is 0.234 e. The Morgan fingerprint density at radius 1 is 1.32 bits per heavy atom. The maximum atomic E-state index is 11.9.